The van der Waals surface area contributed by atoms with Crippen molar-refractivity contribution in [3.8, 4) is 22.7 Å². The lowest BCUT2D eigenvalue weighted by Gasteiger charge is -2.10. The van der Waals surface area contributed by atoms with Crippen molar-refractivity contribution in [2.24, 2.45) is 0 Å². The van der Waals surface area contributed by atoms with Crippen LogP contribution in [0.3, 0.4) is 0 Å². The minimum atomic E-state index is -0.459. The van der Waals surface area contributed by atoms with Gasteiger partial charge < -0.3 is 15.8 Å². The fourth-order valence-electron chi connectivity index (χ4n) is 3.59. The Bertz CT molecular complexity index is 1460. The summed E-state index contributed by atoms with van der Waals surface area (Å²) >= 11 is 0. The summed E-state index contributed by atoms with van der Waals surface area (Å²) in [6.45, 7) is 0.761. The topological polar surface area (TPSA) is 90.9 Å². The van der Waals surface area contributed by atoms with Crippen molar-refractivity contribution in [1.82, 2.24) is 19.7 Å². The predicted octanol–water partition coefficient (Wildman–Crippen LogP) is 4.83. The highest BCUT2D eigenvalue weighted by Crippen LogP contribution is 2.34. The quantitative estimate of drug-likeness (QED) is 0.340. The third-order valence-corrected chi connectivity index (χ3v) is 5.15. The van der Waals surface area contributed by atoms with E-state index in [9.17, 15) is 8.78 Å². The number of anilines is 2. The number of halogens is 2. The Kier molecular flexibility index (Phi) is 5.73. The first-order valence-corrected chi connectivity index (χ1v) is 10.6. The molecule has 3 N–H and O–H groups in total. The second kappa shape index (κ2) is 9.14. The van der Waals surface area contributed by atoms with Gasteiger partial charge in [0.15, 0.2) is 5.65 Å². The molecule has 0 saturated heterocycles. The lowest BCUT2D eigenvalue weighted by atomic mass is 10.1. The van der Waals surface area contributed by atoms with E-state index < -0.39 is 11.6 Å². The number of rotatable bonds is 7. The molecule has 0 unspecified atom stereocenters. The Labute approximate surface area is 193 Å². The van der Waals surface area contributed by atoms with Crippen molar-refractivity contribution in [2.45, 2.75) is 0 Å². The molecule has 0 spiro atoms. The van der Waals surface area contributed by atoms with Crippen molar-refractivity contribution in [3.63, 3.8) is 0 Å². The molecule has 0 amide bonds. The molecule has 0 saturated carbocycles. The fourth-order valence-corrected chi connectivity index (χ4v) is 3.59. The maximum atomic E-state index is 14.7. The lowest BCUT2D eigenvalue weighted by Crippen LogP contribution is -2.13. The third-order valence-electron chi connectivity index (χ3n) is 5.15. The van der Waals surface area contributed by atoms with Crippen LogP contribution in [0.15, 0.2) is 78.9 Å². The van der Waals surface area contributed by atoms with E-state index in [0.29, 0.717) is 24.2 Å². The Balaban J connectivity index is 1.53. The summed E-state index contributed by atoms with van der Waals surface area (Å²) in [4.78, 5) is 9.00. The first kappa shape index (κ1) is 21.3. The highest BCUT2D eigenvalue weighted by Gasteiger charge is 2.21. The van der Waals surface area contributed by atoms with Crippen LogP contribution in [0.25, 0.3) is 28.0 Å². The maximum absolute atomic E-state index is 14.7. The predicted molar refractivity (Wildman–Crippen MR) is 127 cm³/mol. The highest BCUT2D eigenvalue weighted by molar-refractivity contribution is 5.99. The number of benzene rings is 3. The van der Waals surface area contributed by atoms with Crippen LogP contribution in [0, 0.1) is 11.6 Å². The van der Waals surface area contributed by atoms with Gasteiger partial charge in [0.2, 0.25) is 5.95 Å². The number of para-hydroxylation sites is 1. The van der Waals surface area contributed by atoms with Gasteiger partial charge in [-0.15, -0.1) is 5.10 Å². The van der Waals surface area contributed by atoms with Crippen LogP contribution in [-0.2, 0) is 0 Å². The molecule has 0 atom stereocenters. The van der Waals surface area contributed by atoms with Gasteiger partial charge in [-0.05, 0) is 42.5 Å². The molecule has 5 aromatic rings. The number of hydrogen-bond acceptors (Lipinski definition) is 6. The van der Waals surface area contributed by atoms with E-state index in [-0.39, 0.29) is 28.7 Å². The molecule has 5 rings (SSSR count). The normalized spacial score (nSPS) is 11.0. The minimum absolute atomic E-state index is 0.179. The highest BCUT2D eigenvalue weighted by atomic mass is 19.1. The monoisotopic (exact) mass is 458 g/mol. The standard InChI is InChI=1S/C25H20F2N6O/c26-16-7-6-8-17(15-16)33-23(28)21-22(19-11-4-5-12-20(19)27)30-25(31-24(21)32-33)29-13-14-34-18-9-2-1-3-10-18/h1-12,15H,13-14,28H2,(H,29,31,32). The average molecular weight is 458 g/mol. The van der Waals surface area contributed by atoms with Gasteiger partial charge in [-0.1, -0.05) is 36.4 Å². The van der Waals surface area contributed by atoms with Crippen LogP contribution < -0.4 is 15.8 Å². The van der Waals surface area contributed by atoms with Crippen LogP contribution in [0.2, 0.25) is 0 Å². The summed E-state index contributed by atoms with van der Waals surface area (Å²) in [5.74, 6) is 0.273. The molecule has 170 valence electrons. The van der Waals surface area contributed by atoms with E-state index in [1.54, 1.807) is 30.3 Å². The first-order valence-electron chi connectivity index (χ1n) is 10.6. The Morgan fingerprint density at radius 1 is 0.912 bits per heavy atom. The molecule has 0 radical (unpaired) electrons. The number of aromatic nitrogens is 4. The molecule has 0 aliphatic heterocycles. The van der Waals surface area contributed by atoms with Crippen LogP contribution in [0.4, 0.5) is 20.5 Å². The van der Waals surface area contributed by atoms with Crippen molar-refractivity contribution in [1.29, 1.82) is 0 Å². The molecule has 9 heteroatoms. The Hall–Kier alpha value is -4.53. The summed E-state index contributed by atoms with van der Waals surface area (Å²) in [6, 6.07) is 21.5. The maximum Gasteiger partial charge on any atom is 0.225 e. The van der Waals surface area contributed by atoms with E-state index in [1.807, 2.05) is 30.3 Å². The number of nitrogens with two attached hydrogens (primary N) is 1. The molecule has 2 heterocycles. The molecular weight excluding hydrogens is 438 g/mol. The van der Waals surface area contributed by atoms with E-state index in [1.165, 1.54) is 22.9 Å². The molecule has 0 bridgehead atoms. The van der Waals surface area contributed by atoms with Gasteiger partial charge in [0.25, 0.3) is 0 Å². The van der Waals surface area contributed by atoms with Crippen molar-refractivity contribution < 1.29 is 13.5 Å². The molecule has 0 aliphatic carbocycles. The summed E-state index contributed by atoms with van der Waals surface area (Å²) < 4.78 is 35.6. The van der Waals surface area contributed by atoms with Crippen LogP contribution in [0.5, 0.6) is 5.75 Å². The van der Waals surface area contributed by atoms with Crippen LogP contribution >= 0.6 is 0 Å². The van der Waals surface area contributed by atoms with Crippen molar-refractivity contribution in [2.75, 3.05) is 24.2 Å². The average Bonchev–Trinajstić information content (AvgIpc) is 3.19. The minimum Gasteiger partial charge on any atom is -0.492 e. The summed E-state index contributed by atoms with van der Waals surface area (Å²) in [7, 11) is 0. The molecule has 0 aliphatic rings. The van der Waals surface area contributed by atoms with Gasteiger partial charge in [0.05, 0.1) is 23.3 Å². The van der Waals surface area contributed by atoms with Crippen molar-refractivity contribution in [3.05, 3.63) is 90.5 Å². The summed E-state index contributed by atoms with van der Waals surface area (Å²) in [5.41, 5.74) is 7.59. The van der Waals surface area contributed by atoms with E-state index in [4.69, 9.17) is 10.5 Å². The van der Waals surface area contributed by atoms with E-state index in [0.717, 1.165) is 5.75 Å². The van der Waals surface area contributed by atoms with Crippen LogP contribution in [-0.4, -0.2) is 32.9 Å². The van der Waals surface area contributed by atoms with Gasteiger partial charge >= 0.3 is 0 Å². The third kappa shape index (κ3) is 4.23. The van der Waals surface area contributed by atoms with Gasteiger partial charge in [0, 0.05) is 5.56 Å². The number of fused-ring (bicyclic) bond motifs is 1. The Morgan fingerprint density at radius 3 is 2.50 bits per heavy atom. The van der Waals surface area contributed by atoms with Gasteiger partial charge in [0.1, 0.15) is 29.8 Å². The molecule has 2 aromatic heterocycles. The van der Waals surface area contributed by atoms with Gasteiger partial charge in [-0.2, -0.15) is 4.98 Å². The van der Waals surface area contributed by atoms with Crippen molar-refractivity contribution >= 4 is 22.8 Å². The summed E-state index contributed by atoms with van der Waals surface area (Å²) in [5, 5.41) is 7.93. The second-order valence-corrected chi connectivity index (χ2v) is 7.44. The first-order chi connectivity index (χ1) is 16.6. The SMILES string of the molecule is Nc1c2c(-c3ccccc3F)nc(NCCOc3ccccc3)nc2nn1-c1cccc(F)c1. The fraction of sp³-hybridized carbons (Fsp3) is 0.0800. The molecule has 3 aromatic carbocycles. The number of hydrogen-bond donors (Lipinski definition) is 2. The van der Waals surface area contributed by atoms with E-state index in [2.05, 4.69) is 20.4 Å². The molecule has 7 nitrogen and oxygen atoms in total. The number of nitrogens with one attached hydrogen (secondary N) is 1. The zero-order chi connectivity index (χ0) is 23.5. The number of ether oxygens (including phenoxy) is 1. The molecule has 0 fully saturated rings. The molecule has 34 heavy (non-hydrogen) atoms. The largest absolute Gasteiger partial charge is 0.492 e. The second-order valence-electron chi connectivity index (χ2n) is 7.44. The number of nitrogens with zero attached hydrogens (tertiary/aromatic N) is 4. The zero-order valence-electron chi connectivity index (χ0n) is 18.0. The lowest BCUT2D eigenvalue weighted by molar-refractivity contribution is 0.332. The van der Waals surface area contributed by atoms with Gasteiger partial charge in [-0.3, -0.25) is 0 Å². The Morgan fingerprint density at radius 2 is 1.71 bits per heavy atom. The zero-order valence-corrected chi connectivity index (χ0v) is 18.0. The molecular formula is C25H20F2N6O. The van der Waals surface area contributed by atoms with E-state index >= 15 is 0 Å². The van der Waals surface area contributed by atoms with Crippen LogP contribution in [0.1, 0.15) is 0 Å². The number of nitrogen functional groups attached to an aromatic ring is 1. The smallest absolute Gasteiger partial charge is 0.225 e. The van der Waals surface area contributed by atoms with Gasteiger partial charge in [-0.25, -0.2) is 18.4 Å². The summed E-state index contributed by atoms with van der Waals surface area (Å²) in [6.07, 6.45) is 0.